The number of hydrogen-bond acceptors (Lipinski definition) is 6. The molecule has 0 spiro atoms. The van der Waals surface area contributed by atoms with Crippen molar-refractivity contribution < 1.29 is 13.6 Å². The molecule has 0 aliphatic heterocycles. The van der Waals surface area contributed by atoms with Crippen molar-refractivity contribution >= 4 is 15.7 Å². The molecule has 0 saturated carbocycles. The summed E-state index contributed by atoms with van der Waals surface area (Å²) in [7, 11) is -1.19. The highest BCUT2D eigenvalue weighted by molar-refractivity contribution is 7.90. The Morgan fingerprint density at radius 3 is 2.84 bits per heavy atom. The van der Waals surface area contributed by atoms with Crippen molar-refractivity contribution in [1.29, 1.82) is 0 Å². The third kappa shape index (κ3) is 5.23. The predicted octanol–water partition coefficient (Wildman–Crippen LogP) is -0.347. The van der Waals surface area contributed by atoms with Crippen LogP contribution in [0.1, 0.15) is 11.3 Å². The van der Waals surface area contributed by atoms with E-state index in [0.29, 0.717) is 18.8 Å². The van der Waals surface area contributed by atoms with Crippen LogP contribution in [-0.4, -0.2) is 54.9 Å². The minimum atomic E-state index is -2.99. The van der Waals surface area contributed by atoms with Crippen LogP contribution in [0.25, 0.3) is 0 Å². The molecule has 0 atom stereocenters. The molecule has 0 aliphatic rings. The van der Waals surface area contributed by atoms with Gasteiger partial charge in [-0.05, 0) is 18.7 Å². The summed E-state index contributed by atoms with van der Waals surface area (Å²) in [4.78, 5) is 5.89. The molecule has 19 heavy (non-hydrogen) atoms. The van der Waals surface area contributed by atoms with Gasteiger partial charge in [0.05, 0.1) is 5.75 Å². The van der Waals surface area contributed by atoms with Gasteiger partial charge in [-0.3, -0.25) is 4.98 Å². The number of sulfone groups is 1. The lowest BCUT2D eigenvalue weighted by Crippen LogP contribution is -2.27. The second-order valence-corrected chi connectivity index (χ2v) is 6.62. The van der Waals surface area contributed by atoms with Gasteiger partial charge in [-0.1, -0.05) is 11.2 Å². The van der Waals surface area contributed by atoms with Crippen LogP contribution in [0, 0.1) is 0 Å². The van der Waals surface area contributed by atoms with Gasteiger partial charge in [0.25, 0.3) is 0 Å². The van der Waals surface area contributed by atoms with Gasteiger partial charge >= 0.3 is 0 Å². The fraction of sp³-hybridized carbons (Fsp3) is 0.455. The third-order valence-corrected chi connectivity index (χ3v) is 3.45. The van der Waals surface area contributed by atoms with Gasteiger partial charge in [0.1, 0.15) is 15.5 Å². The molecule has 0 radical (unpaired) electrons. The van der Waals surface area contributed by atoms with E-state index in [2.05, 4.69) is 10.1 Å². The first-order valence-electron chi connectivity index (χ1n) is 5.61. The summed E-state index contributed by atoms with van der Waals surface area (Å²) >= 11 is 0. The van der Waals surface area contributed by atoms with E-state index in [0.717, 1.165) is 5.56 Å². The lowest BCUT2D eigenvalue weighted by atomic mass is 10.1. The number of rotatable bonds is 6. The predicted molar refractivity (Wildman–Crippen MR) is 72.8 cm³/mol. The number of amidine groups is 1. The van der Waals surface area contributed by atoms with E-state index in [1.165, 1.54) is 6.26 Å². The van der Waals surface area contributed by atoms with Gasteiger partial charge in [0, 0.05) is 25.5 Å². The number of nitrogens with zero attached hydrogens (tertiary/aromatic N) is 3. The van der Waals surface area contributed by atoms with Gasteiger partial charge in [0.2, 0.25) is 0 Å². The highest BCUT2D eigenvalue weighted by Gasteiger charge is 2.11. The topological polar surface area (TPSA) is 109 Å². The molecule has 0 aromatic carbocycles. The van der Waals surface area contributed by atoms with Crippen LogP contribution >= 0.6 is 0 Å². The van der Waals surface area contributed by atoms with Crippen molar-refractivity contribution in [3.8, 4) is 0 Å². The standard InChI is InChI=1S/C11H18N4O3S/c1-15(6-7-19(2,17)18)8-9-4-3-5-13-10(9)11(12)14-16/h3-5,16H,6-8H2,1-2H3,(H2,12,14). The molecule has 0 saturated heterocycles. The lowest BCUT2D eigenvalue weighted by molar-refractivity contribution is 0.318. The molecule has 0 aliphatic carbocycles. The van der Waals surface area contributed by atoms with Crippen LogP contribution in [0.4, 0.5) is 0 Å². The zero-order valence-electron chi connectivity index (χ0n) is 10.9. The third-order valence-electron chi connectivity index (χ3n) is 2.53. The maximum Gasteiger partial charge on any atom is 0.189 e. The summed E-state index contributed by atoms with van der Waals surface area (Å²) in [6.07, 6.45) is 2.75. The largest absolute Gasteiger partial charge is 0.409 e. The second-order valence-electron chi connectivity index (χ2n) is 4.36. The number of hydrogen-bond donors (Lipinski definition) is 2. The van der Waals surface area contributed by atoms with Crippen LogP contribution in [0.3, 0.4) is 0 Å². The zero-order chi connectivity index (χ0) is 14.5. The van der Waals surface area contributed by atoms with Crippen LogP contribution in [-0.2, 0) is 16.4 Å². The second kappa shape index (κ2) is 6.48. The number of aromatic nitrogens is 1. The average Bonchev–Trinajstić information content (AvgIpc) is 2.35. The normalized spacial score (nSPS) is 12.9. The molecule has 0 unspecified atom stereocenters. The van der Waals surface area contributed by atoms with E-state index in [1.54, 1.807) is 25.4 Å². The summed E-state index contributed by atoms with van der Waals surface area (Å²) in [6.45, 7) is 0.873. The van der Waals surface area contributed by atoms with Crippen LogP contribution in [0.15, 0.2) is 23.5 Å². The van der Waals surface area contributed by atoms with E-state index in [1.807, 2.05) is 4.90 Å². The molecule has 106 valence electrons. The molecule has 7 nitrogen and oxygen atoms in total. The van der Waals surface area contributed by atoms with Gasteiger partial charge < -0.3 is 15.8 Å². The van der Waals surface area contributed by atoms with Crippen LogP contribution < -0.4 is 5.73 Å². The Kier molecular flexibility index (Phi) is 5.25. The minimum Gasteiger partial charge on any atom is -0.409 e. The van der Waals surface area contributed by atoms with Crippen molar-refractivity contribution in [2.45, 2.75) is 6.54 Å². The van der Waals surface area contributed by atoms with Gasteiger partial charge in [-0.2, -0.15) is 0 Å². The molecule has 0 fully saturated rings. The first-order chi connectivity index (χ1) is 8.83. The molecule has 1 aromatic heterocycles. The summed E-state index contributed by atoms with van der Waals surface area (Å²) < 4.78 is 22.2. The first-order valence-corrected chi connectivity index (χ1v) is 7.67. The molecular formula is C11H18N4O3S. The van der Waals surface area contributed by atoms with E-state index < -0.39 is 9.84 Å². The van der Waals surface area contributed by atoms with Gasteiger partial charge in [-0.25, -0.2) is 8.42 Å². The molecule has 3 N–H and O–H groups in total. The first kappa shape index (κ1) is 15.4. The molecule has 1 heterocycles. The monoisotopic (exact) mass is 286 g/mol. The van der Waals surface area contributed by atoms with Crippen molar-refractivity contribution in [3.63, 3.8) is 0 Å². The summed E-state index contributed by atoms with van der Waals surface area (Å²) in [5.74, 6) is 0.0231. The Morgan fingerprint density at radius 1 is 1.58 bits per heavy atom. The SMILES string of the molecule is CN(CCS(C)(=O)=O)Cc1cccnc1C(N)=NO. The molecule has 1 aromatic rings. The Hall–Kier alpha value is -1.67. The summed E-state index contributed by atoms with van der Waals surface area (Å²) in [6, 6.07) is 3.55. The smallest absolute Gasteiger partial charge is 0.189 e. The molecule has 0 bridgehead atoms. The average molecular weight is 286 g/mol. The highest BCUT2D eigenvalue weighted by atomic mass is 32.2. The molecule has 1 rings (SSSR count). The maximum absolute atomic E-state index is 11.1. The molecular weight excluding hydrogens is 268 g/mol. The van der Waals surface area contributed by atoms with E-state index in [-0.39, 0.29) is 11.6 Å². The Morgan fingerprint density at radius 2 is 2.26 bits per heavy atom. The fourth-order valence-corrected chi connectivity index (χ4v) is 2.18. The Balaban J connectivity index is 2.77. The van der Waals surface area contributed by atoms with Crippen molar-refractivity contribution in [3.05, 3.63) is 29.6 Å². The highest BCUT2D eigenvalue weighted by Crippen LogP contribution is 2.08. The molecule has 8 heteroatoms. The van der Waals surface area contributed by atoms with Crippen LogP contribution in [0.5, 0.6) is 0 Å². The van der Waals surface area contributed by atoms with E-state index in [9.17, 15) is 8.42 Å². The molecule has 0 amide bonds. The Bertz CT molecular complexity index is 557. The quantitative estimate of drug-likeness (QED) is 0.320. The lowest BCUT2D eigenvalue weighted by Gasteiger charge is -2.17. The van der Waals surface area contributed by atoms with Crippen molar-refractivity contribution in [2.75, 3.05) is 25.6 Å². The van der Waals surface area contributed by atoms with E-state index in [4.69, 9.17) is 10.9 Å². The number of oxime groups is 1. The number of pyridine rings is 1. The minimum absolute atomic E-state index is 0.0629. The van der Waals surface area contributed by atoms with Crippen LogP contribution in [0.2, 0.25) is 0 Å². The number of nitrogens with two attached hydrogens (primary N) is 1. The van der Waals surface area contributed by atoms with Crippen molar-refractivity contribution in [2.24, 2.45) is 10.9 Å². The Labute approximate surface area is 112 Å². The van der Waals surface area contributed by atoms with Crippen molar-refractivity contribution in [1.82, 2.24) is 9.88 Å². The van der Waals surface area contributed by atoms with Gasteiger partial charge in [-0.15, -0.1) is 0 Å². The van der Waals surface area contributed by atoms with Gasteiger partial charge in [0.15, 0.2) is 5.84 Å². The fourth-order valence-electron chi connectivity index (χ4n) is 1.54. The summed E-state index contributed by atoms with van der Waals surface area (Å²) in [5, 5.41) is 11.6. The zero-order valence-corrected chi connectivity index (χ0v) is 11.8. The van der Waals surface area contributed by atoms with E-state index >= 15 is 0 Å². The maximum atomic E-state index is 11.1. The summed E-state index contributed by atoms with van der Waals surface area (Å²) in [5.41, 5.74) is 6.71.